The number of aromatic nitrogens is 1. The molecule has 1 amide bonds. The topological polar surface area (TPSA) is 121 Å². The van der Waals surface area contributed by atoms with Gasteiger partial charge < -0.3 is 4.57 Å². The molecule has 0 radical (unpaired) electrons. The van der Waals surface area contributed by atoms with E-state index < -0.39 is 32.0 Å². The zero-order valence-electron chi connectivity index (χ0n) is 25.0. The Kier molecular flexibility index (Phi) is 8.89. The number of rotatable bonds is 8. The number of nitrogens with zero attached hydrogens (tertiary/aromatic N) is 4. The van der Waals surface area contributed by atoms with E-state index in [1.165, 1.54) is 30.5 Å². The molecule has 0 unspecified atom stereocenters. The van der Waals surface area contributed by atoms with Crippen LogP contribution in [0.25, 0.3) is 5.69 Å². The minimum atomic E-state index is -4.12. The summed E-state index contributed by atoms with van der Waals surface area (Å²) in [7, 11) is -8.09. The lowest BCUT2D eigenvalue weighted by Crippen LogP contribution is -2.60. The molecule has 1 atom stereocenters. The van der Waals surface area contributed by atoms with Crippen LogP contribution in [0.3, 0.4) is 0 Å². The Balaban J connectivity index is 1.43. The van der Waals surface area contributed by atoms with Gasteiger partial charge in [0.15, 0.2) is 0 Å². The highest BCUT2D eigenvalue weighted by Gasteiger charge is 2.43. The third kappa shape index (κ3) is 5.98. The van der Waals surface area contributed by atoms with Gasteiger partial charge in [0.2, 0.25) is 20.0 Å². The van der Waals surface area contributed by atoms with Crippen LogP contribution in [0.2, 0.25) is 0 Å². The molecule has 0 spiro atoms. The molecule has 5 rings (SSSR count). The van der Waals surface area contributed by atoms with Crippen LogP contribution in [0, 0.1) is 27.7 Å². The highest BCUT2D eigenvalue weighted by Crippen LogP contribution is 2.27. The summed E-state index contributed by atoms with van der Waals surface area (Å²) in [6.07, 6.45) is 1.52. The van der Waals surface area contributed by atoms with Crippen molar-refractivity contribution in [1.29, 1.82) is 0 Å². The van der Waals surface area contributed by atoms with Crippen molar-refractivity contribution < 1.29 is 21.6 Å². The summed E-state index contributed by atoms with van der Waals surface area (Å²) in [6, 6.07) is 22.4. The third-order valence-electron chi connectivity index (χ3n) is 7.84. The largest absolute Gasteiger partial charge is 0.317 e. The van der Waals surface area contributed by atoms with Crippen LogP contribution in [-0.4, -0.2) is 67.8 Å². The highest BCUT2D eigenvalue weighted by molar-refractivity contribution is 7.89. The van der Waals surface area contributed by atoms with E-state index in [9.17, 15) is 21.6 Å². The molecule has 2 heterocycles. The predicted molar refractivity (Wildman–Crippen MR) is 170 cm³/mol. The Morgan fingerprint density at radius 3 is 1.95 bits per heavy atom. The standard InChI is InChI=1S/C32H35N5O5S2/c1-23-12-11-13-24(2)31(23)37-25(3)20-27(26(37)4)21-33-34-32(38)30-22-35(43(39,40)28-14-7-5-8-15-28)18-19-36(30)44(41,42)29-16-9-6-10-17-29/h5-17,20-21,30H,18-19,22H2,1-4H3,(H,34,38)/b33-21-/t30-/m0/s1. The normalized spacial score (nSPS) is 16.8. The maximum absolute atomic E-state index is 13.6. The van der Waals surface area contributed by atoms with E-state index in [2.05, 4.69) is 41.1 Å². The maximum Gasteiger partial charge on any atom is 0.259 e. The number of aryl methyl sites for hydroxylation is 3. The van der Waals surface area contributed by atoms with Crippen LogP contribution in [0.5, 0.6) is 0 Å². The Hall–Kier alpha value is -4.10. The van der Waals surface area contributed by atoms with Gasteiger partial charge >= 0.3 is 0 Å². The van der Waals surface area contributed by atoms with Gasteiger partial charge in [-0.3, -0.25) is 4.79 Å². The molecule has 0 aliphatic carbocycles. The van der Waals surface area contributed by atoms with Crippen LogP contribution in [0.4, 0.5) is 0 Å². The number of carbonyl (C=O) groups is 1. The molecule has 1 aliphatic rings. The molecule has 0 saturated carbocycles. The van der Waals surface area contributed by atoms with Gasteiger partial charge in [0.05, 0.1) is 21.7 Å². The second-order valence-corrected chi connectivity index (χ2v) is 14.6. The van der Waals surface area contributed by atoms with Crippen molar-refractivity contribution in [1.82, 2.24) is 18.6 Å². The van der Waals surface area contributed by atoms with E-state index in [0.29, 0.717) is 0 Å². The zero-order chi connectivity index (χ0) is 31.6. The van der Waals surface area contributed by atoms with Crippen molar-refractivity contribution in [2.75, 3.05) is 19.6 Å². The lowest BCUT2D eigenvalue weighted by molar-refractivity contribution is -0.125. The molecule has 10 nitrogen and oxygen atoms in total. The van der Waals surface area contributed by atoms with E-state index in [1.807, 2.05) is 26.0 Å². The lowest BCUT2D eigenvalue weighted by atomic mass is 10.1. The summed E-state index contributed by atoms with van der Waals surface area (Å²) >= 11 is 0. The number of sulfonamides is 2. The number of piperazine rings is 1. The van der Waals surface area contributed by atoms with E-state index in [1.54, 1.807) is 36.4 Å². The van der Waals surface area contributed by atoms with Gasteiger partial charge in [-0.15, -0.1) is 0 Å². The molecule has 1 N–H and O–H groups in total. The molecule has 1 aliphatic heterocycles. The Bertz CT molecular complexity index is 1900. The van der Waals surface area contributed by atoms with Crippen LogP contribution in [0.15, 0.2) is 99.8 Å². The van der Waals surface area contributed by atoms with E-state index in [4.69, 9.17) is 0 Å². The molecule has 12 heteroatoms. The van der Waals surface area contributed by atoms with Crippen molar-refractivity contribution in [3.05, 3.63) is 113 Å². The lowest BCUT2D eigenvalue weighted by Gasteiger charge is -2.38. The third-order valence-corrected chi connectivity index (χ3v) is 11.6. The number of hydrogen-bond donors (Lipinski definition) is 1. The minimum Gasteiger partial charge on any atom is -0.317 e. The van der Waals surface area contributed by atoms with Gasteiger partial charge in [0, 0.05) is 36.6 Å². The summed E-state index contributed by atoms with van der Waals surface area (Å²) in [5.74, 6) is -0.739. The molecular formula is C32H35N5O5S2. The highest BCUT2D eigenvalue weighted by atomic mass is 32.2. The van der Waals surface area contributed by atoms with Crippen LogP contribution >= 0.6 is 0 Å². The fourth-order valence-electron chi connectivity index (χ4n) is 5.59. The molecule has 0 bridgehead atoms. The summed E-state index contributed by atoms with van der Waals surface area (Å²) < 4.78 is 58.4. The summed E-state index contributed by atoms with van der Waals surface area (Å²) in [5.41, 5.74) is 8.48. The molecular weight excluding hydrogens is 599 g/mol. The average molecular weight is 634 g/mol. The van der Waals surface area contributed by atoms with Gasteiger partial charge in [0.1, 0.15) is 6.04 Å². The molecule has 1 aromatic heterocycles. The number of carbonyl (C=O) groups excluding carboxylic acids is 1. The fraction of sp³-hybridized carbons (Fsp3) is 0.250. The number of hydrazone groups is 1. The second kappa shape index (κ2) is 12.5. The molecule has 3 aromatic carbocycles. The number of amides is 1. The average Bonchev–Trinajstić information content (AvgIpc) is 3.29. The predicted octanol–water partition coefficient (Wildman–Crippen LogP) is 3.93. The number of nitrogens with one attached hydrogen (secondary N) is 1. The van der Waals surface area contributed by atoms with Gasteiger partial charge in [-0.05, 0) is 69.2 Å². The zero-order valence-corrected chi connectivity index (χ0v) is 26.6. The van der Waals surface area contributed by atoms with Crippen LogP contribution in [-0.2, 0) is 24.8 Å². The second-order valence-electron chi connectivity index (χ2n) is 10.8. The van der Waals surface area contributed by atoms with Crippen molar-refractivity contribution in [2.45, 2.75) is 43.5 Å². The summed E-state index contributed by atoms with van der Waals surface area (Å²) in [4.78, 5) is 13.7. The SMILES string of the molecule is Cc1cccc(C)c1-n1c(C)cc(/C=N\NC(=O)[C@@H]2CN(S(=O)(=O)c3ccccc3)CCN2S(=O)(=O)c2ccccc2)c1C. The number of benzene rings is 3. The van der Waals surface area contributed by atoms with Crippen molar-refractivity contribution >= 4 is 32.2 Å². The van der Waals surface area contributed by atoms with Crippen molar-refractivity contribution in [3.8, 4) is 5.69 Å². The summed E-state index contributed by atoms with van der Waals surface area (Å²) in [6.45, 7) is 7.37. The molecule has 44 heavy (non-hydrogen) atoms. The van der Waals surface area contributed by atoms with Gasteiger partial charge in [0.25, 0.3) is 5.91 Å². The number of para-hydroxylation sites is 1. The van der Waals surface area contributed by atoms with Gasteiger partial charge in [-0.25, -0.2) is 22.3 Å². The Morgan fingerprint density at radius 1 is 0.795 bits per heavy atom. The summed E-state index contributed by atoms with van der Waals surface area (Å²) in [5, 5.41) is 4.18. The Labute approximate surface area is 258 Å². The smallest absolute Gasteiger partial charge is 0.259 e. The van der Waals surface area contributed by atoms with Gasteiger partial charge in [-0.2, -0.15) is 13.7 Å². The first kappa shape index (κ1) is 31.3. The molecule has 1 fully saturated rings. The van der Waals surface area contributed by atoms with Crippen molar-refractivity contribution in [3.63, 3.8) is 0 Å². The first-order valence-electron chi connectivity index (χ1n) is 14.1. The molecule has 1 saturated heterocycles. The van der Waals surface area contributed by atoms with Crippen LogP contribution < -0.4 is 5.43 Å². The molecule has 4 aromatic rings. The quantitative estimate of drug-likeness (QED) is 0.233. The van der Waals surface area contributed by atoms with E-state index >= 15 is 0 Å². The first-order valence-corrected chi connectivity index (χ1v) is 17.0. The maximum atomic E-state index is 13.6. The van der Waals surface area contributed by atoms with E-state index in [0.717, 1.165) is 42.4 Å². The van der Waals surface area contributed by atoms with E-state index in [-0.39, 0.29) is 29.4 Å². The van der Waals surface area contributed by atoms with Crippen LogP contribution in [0.1, 0.15) is 28.1 Å². The Morgan fingerprint density at radius 2 is 1.36 bits per heavy atom. The fourth-order valence-corrected chi connectivity index (χ4v) is 8.64. The minimum absolute atomic E-state index is 0.0135. The first-order chi connectivity index (χ1) is 20.9. The number of hydrogen-bond acceptors (Lipinski definition) is 6. The molecule has 230 valence electrons. The van der Waals surface area contributed by atoms with Crippen molar-refractivity contribution in [2.24, 2.45) is 5.10 Å². The van der Waals surface area contributed by atoms with Gasteiger partial charge in [-0.1, -0.05) is 54.6 Å². The monoisotopic (exact) mass is 633 g/mol.